The van der Waals surface area contributed by atoms with Crippen LogP contribution in [0.2, 0.25) is 0 Å². The molecule has 27 heavy (non-hydrogen) atoms. The van der Waals surface area contributed by atoms with E-state index in [0.29, 0.717) is 25.4 Å². The molecule has 1 aliphatic heterocycles. The van der Waals surface area contributed by atoms with Gasteiger partial charge in [0.05, 0.1) is 6.04 Å². The predicted octanol–water partition coefficient (Wildman–Crippen LogP) is 1.63. The molecule has 6 nitrogen and oxygen atoms in total. The number of piperidine rings is 1. The Labute approximate surface area is 162 Å². The van der Waals surface area contributed by atoms with Gasteiger partial charge in [0.25, 0.3) is 0 Å². The number of likely N-dealkylation sites (tertiary alicyclic amines) is 1. The molecule has 1 aliphatic carbocycles. The fourth-order valence-electron chi connectivity index (χ4n) is 3.77. The summed E-state index contributed by atoms with van der Waals surface area (Å²) in [7, 11) is 0. The summed E-state index contributed by atoms with van der Waals surface area (Å²) in [4.78, 5) is 25.1. The van der Waals surface area contributed by atoms with Gasteiger partial charge in [0, 0.05) is 19.6 Å². The maximum Gasteiger partial charge on any atom is 0.237 e. The molecule has 1 heterocycles. The van der Waals surface area contributed by atoms with E-state index in [9.17, 15) is 9.59 Å². The first kappa shape index (κ1) is 21.4. The Morgan fingerprint density at radius 1 is 1.33 bits per heavy atom. The van der Waals surface area contributed by atoms with Crippen LogP contribution < -0.4 is 16.8 Å². The summed E-state index contributed by atoms with van der Waals surface area (Å²) in [5.41, 5.74) is 15.2. The largest absolute Gasteiger partial charge is 0.351 e. The van der Waals surface area contributed by atoms with Crippen molar-refractivity contribution in [2.45, 2.75) is 51.5 Å². The first-order chi connectivity index (χ1) is 13.0. The number of allylic oxidation sites excluding steroid dienone is 4. The van der Waals surface area contributed by atoms with Crippen LogP contribution in [0.4, 0.5) is 0 Å². The second-order valence-corrected chi connectivity index (χ2v) is 7.54. The van der Waals surface area contributed by atoms with Crippen LogP contribution in [0.5, 0.6) is 0 Å². The second-order valence-electron chi connectivity index (χ2n) is 7.54. The first-order valence-corrected chi connectivity index (χ1v) is 10.1. The van der Waals surface area contributed by atoms with Crippen LogP contribution in [0.3, 0.4) is 0 Å². The maximum atomic E-state index is 12.3. The third-order valence-corrected chi connectivity index (χ3v) is 5.43. The first-order valence-electron chi connectivity index (χ1n) is 10.1. The Morgan fingerprint density at radius 3 is 2.74 bits per heavy atom. The molecule has 1 atom stereocenters. The highest BCUT2D eigenvalue weighted by Crippen LogP contribution is 2.31. The predicted molar refractivity (Wildman–Crippen MR) is 109 cm³/mol. The Balaban J connectivity index is 1.97. The van der Waals surface area contributed by atoms with Crippen LogP contribution in [0.15, 0.2) is 34.9 Å². The van der Waals surface area contributed by atoms with Crippen LogP contribution in [0.25, 0.3) is 0 Å². The number of hydrogen-bond donors (Lipinski definition) is 3. The minimum Gasteiger partial charge on any atom is -0.351 e. The molecule has 2 rings (SSSR count). The number of carbonyl (C=O) groups is 2. The molecule has 0 spiro atoms. The van der Waals surface area contributed by atoms with E-state index >= 15 is 0 Å². The number of hydrogen-bond acceptors (Lipinski definition) is 4. The van der Waals surface area contributed by atoms with Gasteiger partial charge in [-0.05, 0) is 62.6 Å². The van der Waals surface area contributed by atoms with Crippen LogP contribution in [0.1, 0.15) is 45.4 Å². The SMILES string of the molecule is CC1=CCC=C(C2CCN(C=O)CC2)C(CNC(=O)C(N)CCCCN)=C1. The van der Waals surface area contributed by atoms with Gasteiger partial charge in [0.15, 0.2) is 0 Å². The number of nitrogens with one attached hydrogen (secondary N) is 1. The molecule has 0 aromatic carbocycles. The summed E-state index contributed by atoms with van der Waals surface area (Å²) < 4.78 is 0. The molecule has 2 amide bonds. The van der Waals surface area contributed by atoms with Gasteiger partial charge in [0.1, 0.15) is 0 Å². The third-order valence-electron chi connectivity index (χ3n) is 5.43. The van der Waals surface area contributed by atoms with E-state index in [1.165, 1.54) is 11.1 Å². The number of amides is 2. The fraction of sp³-hybridized carbons (Fsp3) is 0.619. The smallest absolute Gasteiger partial charge is 0.237 e. The van der Waals surface area contributed by atoms with Gasteiger partial charge in [-0.3, -0.25) is 9.59 Å². The molecule has 0 aromatic rings. The Kier molecular flexibility index (Phi) is 8.75. The van der Waals surface area contributed by atoms with Gasteiger partial charge >= 0.3 is 0 Å². The van der Waals surface area contributed by atoms with Crippen molar-refractivity contribution >= 4 is 12.3 Å². The molecular weight excluding hydrogens is 340 g/mol. The van der Waals surface area contributed by atoms with Crippen LogP contribution >= 0.6 is 0 Å². The van der Waals surface area contributed by atoms with Gasteiger partial charge < -0.3 is 21.7 Å². The molecule has 0 radical (unpaired) electrons. The van der Waals surface area contributed by atoms with Gasteiger partial charge in [-0.25, -0.2) is 0 Å². The van der Waals surface area contributed by atoms with Crippen molar-refractivity contribution in [2.24, 2.45) is 17.4 Å². The summed E-state index contributed by atoms with van der Waals surface area (Å²) in [5, 5.41) is 3.02. The van der Waals surface area contributed by atoms with Crippen molar-refractivity contribution in [1.82, 2.24) is 10.2 Å². The van der Waals surface area contributed by atoms with Crippen LogP contribution in [0, 0.1) is 5.92 Å². The standard InChI is InChI=1S/C21H34N4O2/c1-16-5-4-6-19(17-8-11-25(15-26)12-9-17)18(13-16)14-24-21(27)20(23)7-2-3-10-22/h5-6,13,15,17,20H,2-4,7-12,14,22-23H2,1H3,(H,24,27). The van der Waals surface area contributed by atoms with Crippen LogP contribution in [-0.2, 0) is 9.59 Å². The van der Waals surface area contributed by atoms with Crippen molar-refractivity contribution in [2.75, 3.05) is 26.2 Å². The lowest BCUT2D eigenvalue weighted by atomic mass is 9.84. The summed E-state index contributed by atoms with van der Waals surface area (Å²) in [6.45, 7) is 4.80. The van der Waals surface area contributed by atoms with E-state index in [2.05, 4.69) is 30.5 Å². The average molecular weight is 375 g/mol. The van der Waals surface area contributed by atoms with E-state index < -0.39 is 6.04 Å². The topological polar surface area (TPSA) is 101 Å². The van der Waals surface area contributed by atoms with Crippen molar-refractivity contribution in [3.05, 3.63) is 34.9 Å². The number of nitrogens with two attached hydrogens (primary N) is 2. The van der Waals surface area contributed by atoms with Crippen molar-refractivity contribution < 1.29 is 9.59 Å². The number of nitrogens with zero attached hydrogens (tertiary/aromatic N) is 1. The lowest BCUT2D eigenvalue weighted by Gasteiger charge is -2.32. The molecule has 1 saturated heterocycles. The Bertz CT molecular complexity index is 601. The number of rotatable bonds is 9. The highest BCUT2D eigenvalue weighted by molar-refractivity contribution is 5.81. The molecule has 1 fully saturated rings. The van der Waals surface area contributed by atoms with Gasteiger partial charge in [-0.1, -0.05) is 30.2 Å². The Hall–Kier alpha value is -1.92. The number of carbonyl (C=O) groups excluding carboxylic acids is 2. The monoisotopic (exact) mass is 374 g/mol. The molecule has 0 saturated carbocycles. The minimum absolute atomic E-state index is 0.103. The highest BCUT2D eigenvalue weighted by Gasteiger charge is 2.24. The molecule has 0 bridgehead atoms. The summed E-state index contributed by atoms with van der Waals surface area (Å²) in [5.74, 6) is 0.329. The van der Waals surface area contributed by atoms with Gasteiger partial charge in [-0.15, -0.1) is 0 Å². The zero-order chi connectivity index (χ0) is 19.6. The highest BCUT2D eigenvalue weighted by atomic mass is 16.2. The van der Waals surface area contributed by atoms with Crippen molar-refractivity contribution in [1.29, 1.82) is 0 Å². The van der Waals surface area contributed by atoms with Crippen molar-refractivity contribution in [3.63, 3.8) is 0 Å². The van der Waals surface area contributed by atoms with Gasteiger partial charge in [-0.2, -0.15) is 0 Å². The second kappa shape index (κ2) is 11.0. The van der Waals surface area contributed by atoms with E-state index in [0.717, 1.165) is 57.2 Å². The normalized spacial score (nSPS) is 19.5. The van der Waals surface area contributed by atoms with Gasteiger partial charge in [0.2, 0.25) is 12.3 Å². The molecule has 150 valence electrons. The summed E-state index contributed by atoms with van der Waals surface area (Å²) in [6, 6.07) is -0.483. The zero-order valence-corrected chi connectivity index (χ0v) is 16.5. The molecule has 5 N–H and O–H groups in total. The van der Waals surface area contributed by atoms with Crippen LogP contribution in [-0.4, -0.2) is 49.4 Å². The maximum absolute atomic E-state index is 12.3. The summed E-state index contributed by atoms with van der Waals surface area (Å²) >= 11 is 0. The third kappa shape index (κ3) is 6.63. The number of unbranched alkanes of at least 4 members (excludes halogenated alkanes) is 1. The lowest BCUT2D eigenvalue weighted by Crippen LogP contribution is -2.41. The molecule has 2 aliphatic rings. The van der Waals surface area contributed by atoms with E-state index in [1.807, 2.05) is 4.90 Å². The molecular formula is C21H34N4O2. The average Bonchev–Trinajstić information content (AvgIpc) is 2.87. The van der Waals surface area contributed by atoms with E-state index in [1.54, 1.807) is 0 Å². The zero-order valence-electron chi connectivity index (χ0n) is 16.5. The quantitative estimate of drug-likeness (QED) is 0.422. The molecule has 1 unspecified atom stereocenters. The van der Waals surface area contributed by atoms with E-state index in [-0.39, 0.29) is 5.91 Å². The molecule has 6 heteroatoms. The van der Waals surface area contributed by atoms with E-state index in [4.69, 9.17) is 11.5 Å². The lowest BCUT2D eigenvalue weighted by molar-refractivity contribution is -0.122. The minimum atomic E-state index is -0.483. The summed E-state index contributed by atoms with van der Waals surface area (Å²) in [6.07, 6.45) is 12.8. The fourth-order valence-corrected chi connectivity index (χ4v) is 3.77. The molecule has 0 aromatic heterocycles. The van der Waals surface area contributed by atoms with Crippen molar-refractivity contribution in [3.8, 4) is 0 Å². The Morgan fingerprint density at radius 2 is 2.07 bits per heavy atom.